The molecule has 0 saturated heterocycles. The predicted octanol–water partition coefficient (Wildman–Crippen LogP) is 3.34. The standard InChI is InChI=1S/C23H31N5O2/c1-15-5-7-17(8-6-15)22-26-16(2)28(27-22)12-11-23(3,4)25-14-21(30)18-9-10-20(29)19(24)13-18/h5-10,13,21,25,29-30H,11-12,14,24H2,1-4H3. The largest absolute Gasteiger partial charge is 0.506 e. The first kappa shape index (κ1) is 21.8. The number of aryl methyl sites for hydroxylation is 3. The predicted molar refractivity (Wildman–Crippen MR) is 119 cm³/mol. The maximum absolute atomic E-state index is 10.5. The summed E-state index contributed by atoms with van der Waals surface area (Å²) >= 11 is 0. The van der Waals surface area contributed by atoms with Crippen molar-refractivity contribution in [3.05, 3.63) is 59.4 Å². The van der Waals surface area contributed by atoms with Gasteiger partial charge in [0.15, 0.2) is 5.82 Å². The van der Waals surface area contributed by atoms with Crippen LogP contribution in [-0.4, -0.2) is 37.1 Å². The average molecular weight is 410 g/mol. The zero-order chi connectivity index (χ0) is 21.9. The third-order valence-electron chi connectivity index (χ3n) is 5.33. The van der Waals surface area contributed by atoms with Crippen molar-refractivity contribution < 1.29 is 10.2 Å². The number of rotatable bonds is 8. The molecule has 0 aliphatic heterocycles. The molecule has 1 aromatic heterocycles. The normalized spacial score (nSPS) is 12.8. The molecule has 160 valence electrons. The summed E-state index contributed by atoms with van der Waals surface area (Å²) in [7, 11) is 0. The second-order valence-electron chi connectivity index (χ2n) is 8.42. The molecule has 0 aliphatic carbocycles. The van der Waals surface area contributed by atoms with E-state index in [1.54, 1.807) is 12.1 Å². The van der Waals surface area contributed by atoms with Gasteiger partial charge in [0, 0.05) is 24.2 Å². The van der Waals surface area contributed by atoms with E-state index in [2.05, 4.69) is 48.3 Å². The number of hydrogen-bond acceptors (Lipinski definition) is 6. The number of phenolic OH excluding ortho intramolecular Hbond substituents is 1. The van der Waals surface area contributed by atoms with Crippen molar-refractivity contribution in [1.29, 1.82) is 0 Å². The van der Waals surface area contributed by atoms with E-state index in [0.29, 0.717) is 18.7 Å². The number of nitrogen functional groups attached to an aromatic ring is 1. The van der Waals surface area contributed by atoms with E-state index in [-0.39, 0.29) is 17.0 Å². The van der Waals surface area contributed by atoms with Crippen LogP contribution in [0.5, 0.6) is 5.75 Å². The fourth-order valence-electron chi connectivity index (χ4n) is 3.20. The molecule has 3 aromatic rings. The van der Waals surface area contributed by atoms with Gasteiger partial charge in [-0.15, -0.1) is 0 Å². The molecular weight excluding hydrogens is 378 g/mol. The van der Waals surface area contributed by atoms with Gasteiger partial charge in [-0.05, 0) is 51.8 Å². The summed E-state index contributed by atoms with van der Waals surface area (Å²) in [5.74, 6) is 1.63. The first-order valence-corrected chi connectivity index (χ1v) is 10.1. The van der Waals surface area contributed by atoms with E-state index in [1.807, 2.05) is 23.7 Å². The molecule has 30 heavy (non-hydrogen) atoms. The van der Waals surface area contributed by atoms with Crippen LogP contribution in [0, 0.1) is 13.8 Å². The summed E-state index contributed by atoms with van der Waals surface area (Å²) in [6, 6.07) is 13.0. The summed E-state index contributed by atoms with van der Waals surface area (Å²) in [6.07, 6.45) is 0.100. The molecule has 7 heteroatoms. The van der Waals surface area contributed by atoms with Crippen LogP contribution in [0.1, 0.15) is 43.3 Å². The Morgan fingerprint density at radius 1 is 1.13 bits per heavy atom. The van der Waals surface area contributed by atoms with Crippen LogP contribution >= 0.6 is 0 Å². The fraction of sp³-hybridized carbons (Fsp3) is 0.391. The van der Waals surface area contributed by atoms with E-state index < -0.39 is 6.10 Å². The Kier molecular flexibility index (Phi) is 6.43. The molecule has 0 radical (unpaired) electrons. The molecule has 3 rings (SSSR count). The van der Waals surface area contributed by atoms with Crippen molar-refractivity contribution in [2.75, 3.05) is 12.3 Å². The Morgan fingerprint density at radius 3 is 2.50 bits per heavy atom. The zero-order valence-electron chi connectivity index (χ0n) is 18.1. The molecule has 0 spiro atoms. The molecule has 1 atom stereocenters. The third-order valence-corrected chi connectivity index (χ3v) is 5.33. The van der Waals surface area contributed by atoms with Crippen LogP contribution in [-0.2, 0) is 6.54 Å². The van der Waals surface area contributed by atoms with Gasteiger partial charge in [-0.25, -0.2) is 9.67 Å². The highest BCUT2D eigenvalue weighted by Gasteiger charge is 2.20. The Morgan fingerprint density at radius 2 is 1.83 bits per heavy atom. The lowest BCUT2D eigenvalue weighted by Gasteiger charge is -2.28. The molecule has 0 amide bonds. The molecule has 7 nitrogen and oxygen atoms in total. The quantitative estimate of drug-likeness (QED) is 0.336. The summed E-state index contributed by atoms with van der Waals surface area (Å²) < 4.78 is 1.93. The minimum atomic E-state index is -0.714. The minimum absolute atomic E-state index is 0.0208. The SMILES string of the molecule is Cc1ccc(-c2nc(C)n(CCC(C)(C)NCC(O)c3ccc(O)c(N)c3)n2)cc1. The van der Waals surface area contributed by atoms with Crippen LogP contribution in [0.15, 0.2) is 42.5 Å². The maximum atomic E-state index is 10.5. The number of nitrogens with zero attached hydrogens (tertiary/aromatic N) is 3. The summed E-state index contributed by atoms with van der Waals surface area (Å²) in [5, 5.41) is 28.1. The van der Waals surface area contributed by atoms with Crippen molar-refractivity contribution in [2.24, 2.45) is 0 Å². The van der Waals surface area contributed by atoms with Crippen molar-refractivity contribution in [1.82, 2.24) is 20.1 Å². The molecule has 0 saturated carbocycles. The van der Waals surface area contributed by atoms with Crippen molar-refractivity contribution in [3.63, 3.8) is 0 Å². The number of β-amino-alcohol motifs (C(OH)–C–C–N with tert-alkyl or cyclic N) is 1. The number of anilines is 1. The van der Waals surface area contributed by atoms with Crippen LogP contribution < -0.4 is 11.1 Å². The van der Waals surface area contributed by atoms with Crippen LogP contribution in [0.2, 0.25) is 0 Å². The monoisotopic (exact) mass is 409 g/mol. The van der Waals surface area contributed by atoms with Crippen molar-refractivity contribution in [2.45, 2.75) is 52.3 Å². The molecule has 1 unspecified atom stereocenters. The molecule has 2 aromatic carbocycles. The number of aromatic nitrogens is 3. The van der Waals surface area contributed by atoms with Gasteiger partial charge >= 0.3 is 0 Å². The van der Waals surface area contributed by atoms with Gasteiger partial charge < -0.3 is 21.3 Å². The van der Waals surface area contributed by atoms with Crippen LogP contribution in [0.4, 0.5) is 5.69 Å². The first-order valence-electron chi connectivity index (χ1n) is 10.1. The van der Waals surface area contributed by atoms with Crippen molar-refractivity contribution >= 4 is 5.69 Å². The molecule has 0 aliphatic rings. The topological polar surface area (TPSA) is 109 Å². The van der Waals surface area contributed by atoms with Gasteiger partial charge in [-0.1, -0.05) is 35.9 Å². The number of phenols is 1. The Hall–Kier alpha value is -2.90. The van der Waals surface area contributed by atoms with Gasteiger partial charge in [0.2, 0.25) is 0 Å². The highest BCUT2D eigenvalue weighted by atomic mass is 16.3. The zero-order valence-corrected chi connectivity index (χ0v) is 18.1. The number of hydrogen-bond donors (Lipinski definition) is 4. The molecule has 0 bridgehead atoms. The highest BCUT2D eigenvalue weighted by Crippen LogP contribution is 2.24. The van der Waals surface area contributed by atoms with Gasteiger partial charge in [0.1, 0.15) is 11.6 Å². The second kappa shape index (κ2) is 8.85. The van der Waals surface area contributed by atoms with Crippen molar-refractivity contribution in [3.8, 4) is 17.1 Å². The Balaban J connectivity index is 1.58. The van der Waals surface area contributed by atoms with Crippen LogP contribution in [0.3, 0.4) is 0 Å². The van der Waals surface area contributed by atoms with Gasteiger partial charge in [-0.2, -0.15) is 5.10 Å². The van der Waals surface area contributed by atoms with E-state index in [0.717, 1.165) is 23.6 Å². The first-order chi connectivity index (χ1) is 14.1. The van der Waals surface area contributed by atoms with E-state index >= 15 is 0 Å². The number of aliphatic hydroxyl groups excluding tert-OH is 1. The third kappa shape index (κ3) is 5.37. The van der Waals surface area contributed by atoms with E-state index in [1.165, 1.54) is 11.6 Å². The Labute approximate surface area is 177 Å². The van der Waals surface area contributed by atoms with Gasteiger partial charge in [0.05, 0.1) is 11.8 Å². The van der Waals surface area contributed by atoms with Gasteiger partial charge in [0.25, 0.3) is 0 Å². The molecular formula is C23H31N5O2. The fourth-order valence-corrected chi connectivity index (χ4v) is 3.20. The lowest BCUT2D eigenvalue weighted by atomic mass is 9.99. The Bertz CT molecular complexity index is 995. The summed E-state index contributed by atoms with van der Waals surface area (Å²) in [4.78, 5) is 4.60. The molecule has 1 heterocycles. The maximum Gasteiger partial charge on any atom is 0.181 e. The molecule has 0 fully saturated rings. The average Bonchev–Trinajstić information content (AvgIpc) is 3.08. The second-order valence-corrected chi connectivity index (χ2v) is 8.42. The highest BCUT2D eigenvalue weighted by molar-refractivity contribution is 5.55. The number of nitrogens with one attached hydrogen (secondary N) is 1. The lowest BCUT2D eigenvalue weighted by molar-refractivity contribution is 0.158. The van der Waals surface area contributed by atoms with Gasteiger partial charge in [-0.3, -0.25) is 0 Å². The summed E-state index contributed by atoms with van der Waals surface area (Å²) in [6.45, 7) is 9.30. The number of benzene rings is 2. The van der Waals surface area contributed by atoms with Crippen LogP contribution in [0.25, 0.3) is 11.4 Å². The van der Waals surface area contributed by atoms with E-state index in [9.17, 15) is 10.2 Å². The summed E-state index contributed by atoms with van der Waals surface area (Å²) in [5.41, 5.74) is 8.65. The number of aliphatic hydroxyl groups is 1. The molecule has 5 N–H and O–H groups in total. The van der Waals surface area contributed by atoms with E-state index in [4.69, 9.17) is 5.73 Å². The number of nitrogens with two attached hydrogens (primary N) is 1. The number of aromatic hydroxyl groups is 1. The lowest BCUT2D eigenvalue weighted by Crippen LogP contribution is -2.42. The smallest absolute Gasteiger partial charge is 0.181 e. The minimum Gasteiger partial charge on any atom is -0.506 e.